The Balaban J connectivity index is 1.28. The van der Waals surface area contributed by atoms with E-state index in [9.17, 15) is 9.18 Å². The topological polar surface area (TPSA) is 67.2 Å². The van der Waals surface area contributed by atoms with Crippen molar-refractivity contribution in [2.24, 2.45) is 5.92 Å². The van der Waals surface area contributed by atoms with Crippen LogP contribution in [0, 0.1) is 24.5 Å². The second-order valence-corrected chi connectivity index (χ2v) is 8.92. The number of anilines is 1. The van der Waals surface area contributed by atoms with Crippen LogP contribution in [0.3, 0.4) is 0 Å². The minimum atomic E-state index is -0.516. The van der Waals surface area contributed by atoms with E-state index in [1.54, 1.807) is 54.7 Å². The highest BCUT2D eigenvalue weighted by molar-refractivity contribution is 5.98. The highest BCUT2D eigenvalue weighted by atomic mass is 19.1. The van der Waals surface area contributed by atoms with Crippen molar-refractivity contribution >= 4 is 22.8 Å². The molecule has 172 valence electrons. The van der Waals surface area contributed by atoms with Crippen LogP contribution in [0.4, 0.5) is 14.6 Å². The predicted molar refractivity (Wildman–Crippen MR) is 123 cm³/mol. The summed E-state index contributed by atoms with van der Waals surface area (Å²) in [6, 6.07) is 9.55. The van der Waals surface area contributed by atoms with Crippen molar-refractivity contribution < 1.29 is 13.6 Å². The normalized spacial score (nSPS) is 19.7. The van der Waals surface area contributed by atoms with Crippen molar-refractivity contribution in [3.8, 4) is 5.69 Å². The first-order valence-electron chi connectivity index (χ1n) is 11.3. The van der Waals surface area contributed by atoms with E-state index in [1.165, 1.54) is 16.8 Å². The van der Waals surface area contributed by atoms with Crippen molar-refractivity contribution in [2.45, 2.75) is 19.4 Å². The second-order valence-electron chi connectivity index (χ2n) is 8.92. The van der Waals surface area contributed by atoms with Crippen molar-refractivity contribution in [1.82, 2.24) is 24.6 Å². The van der Waals surface area contributed by atoms with Gasteiger partial charge in [0.05, 0.1) is 29.0 Å². The summed E-state index contributed by atoms with van der Waals surface area (Å²) in [6.45, 7) is 3.52. The predicted octanol–water partition coefficient (Wildman–Crippen LogP) is 3.75. The van der Waals surface area contributed by atoms with Gasteiger partial charge in [-0.05, 0) is 43.2 Å². The highest BCUT2D eigenvalue weighted by Gasteiger charge is 2.45. The molecule has 0 saturated carbocycles. The molecule has 7 nitrogen and oxygen atoms in total. The first-order valence-corrected chi connectivity index (χ1v) is 11.3. The number of likely N-dealkylation sites (tertiary alicyclic amines) is 1. The molecular weight excluding hydrogens is 438 g/mol. The van der Waals surface area contributed by atoms with Gasteiger partial charge in [0.1, 0.15) is 23.0 Å². The van der Waals surface area contributed by atoms with Gasteiger partial charge in [0, 0.05) is 44.0 Å². The van der Waals surface area contributed by atoms with Crippen LogP contribution in [0.1, 0.15) is 22.3 Å². The largest absolute Gasteiger partial charge is 0.350 e. The number of hydrogen-bond donors (Lipinski definition) is 0. The Bertz CT molecular complexity index is 1410. The average Bonchev–Trinajstić information content (AvgIpc) is 3.36. The Morgan fingerprint density at radius 3 is 2.82 bits per heavy atom. The van der Waals surface area contributed by atoms with Crippen molar-refractivity contribution in [1.29, 1.82) is 0 Å². The third-order valence-corrected chi connectivity index (χ3v) is 6.90. The number of piperidine rings is 1. The molecule has 2 aromatic heterocycles. The van der Waals surface area contributed by atoms with Crippen LogP contribution in [0.25, 0.3) is 16.7 Å². The Kier molecular flexibility index (Phi) is 4.79. The van der Waals surface area contributed by atoms with Gasteiger partial charge in [-0.15, -0.1) is 0 Å². The van der Waals surface area contributed by atoms with Crippen LogP contribution in [0.2, 0.25) is 0 Å². The standard InChI is InChI=1S/C25H22F2N6O/c1-15-3-6-20(33-9-2-8-29-33)23(24(15)27)25(34)31-10-7-16-13-32(21(16)14-31)22-12-28-19-11-17(26)4-5-18(19)30-22/h2-6,8-9,11-12,16,21H,7,10,13-14H2,1H3/t16-,21-/m0/s1. The minimum absolute atomic E-state index is 0.0422. The third kappa shape index (κ3) is 3.30. The maximum atomic E-state index is 15.2. The first kappa shape index (κ1) is 20.7. The van der Waals surface area contributed by atoms with E-state index < -0.39 is 5.82 Å². The summed E-state index contributed by atoms with van der Waals surface area (Å²) in [5.41, 5.74) is 2.01. The summed E-state index contributed by atoms with van der Waals surface area (Å²) < 4.78 is 30.2. The number of nitrogens with zero attached hydrogens (tertiary/aromatic N) is 6. The summed E-state index contributed by atoms with van der Waals surface area (Å²) in [4.78, 5) is 26.4. The molecule has 2 saturated heterocycles. The highest BCUT2D eigenvalue weighted by Crippen LogP contribution is 2.37. The van der Waals surface area contributed by atoms with Crippen LogP contribution in [-0.2, 0) is 0 Å². The van der Waals surface area contributed by atoms with Crippen LogP contribution in [0.15, 0.2) is 55.0 Å². The number of carbonyl (C=O) groups is 1. The van der Waals surface area contributed by atoms with E-state index in [-0.39, 0.29) is 23.3 Å². The lowest BCUT2D eigenvalue weighted by Gasteiger charge is -2.53. The average molecular weight is 460 g/mol. The zero-order valence-corrected chi connectivity index (χ0v) is 18.5. The number of carbonyl (C=O) groups excluding carboxylic acids is 1. The zero-order chi connectivity index (χ0) is 23.4. The fourth-order valence-electron chi connectivity index (χ4n) is 4.99. The third-order valence-electron chi connectivity index (χ3n) is 6.90. The fraction of sp³-hybridized carbons (Fsp3) is 0.280. The van der Waals surface area contributed by atoms with Gasteiger partial charge < -0.3 is 9.80 Å². The molecule has 2 aliphatic rings. The van der Waals surface area contributed by atoms with Crippen LogP contribution >= 0.6 is 0 Å². The van der Waals surface area contributed by atoms with E-state index in [4.69, 9.17) is 0 Å². The molecule has 0 bridgehead atoms. The molecule has 2 atom stereocenters. The summed E-state index contributed by atoms with van der Waals surface area (Å²) >= 11 is 0. The number of benzene rings is 2. The molecule has 4 heterocycles. The summed E-state index contributed by atoms with van der Waals surface area (Å²) in [6.07, 6.45) is 5.78. The molecule has 34 heavy (non-hydrogen) atoms. The van der Waals surface area contributed by atoms with E-state index in [0.717, 1.165) is 13.0 Å². The summed E-state index contributed by atoms with van der Waals surface area (Å²) in [7, 11) is 0. The molecule has 0 unspecified atom stereocenters. The van der Waals surface area contributed by atoms with Gasteiger partial charge in [0.25, 0.3) is 5.91 Å². The van der Waals surface area contributed by atoms with Gasteiger partial charge in [0.2, 0.25) is 0 Å². The van der Waals surface area contributed by atoms with Gasteiger partial charge in [-0.1, -0.05) is 6.07 Å². The maximum absolute atomic E-state index is 15.2. The minimum Gasteiger partial charge on any atom is -0.350 e. The lowest BCUT2D eigenvalue weighted by Crippen LogP contribution is -2.65. The number of aryl methyl sites for hydroxylation is 1. The Morgan fingerprint density at radius 1 is 1.12 bits per heavy atom. The van der Waals surface area contributed by atoms with E-state index in [2.05, 4.69) is 20.0 Å². The molecule has 2 aromatic carbocycles. The Hall–Kier alpha value is -3.88. The lowest BCUT2D eigenvalue weighted by atomic mass is 9.82. The molecule has 1 amide bonds. The number of halogens is 2. The molecule has 0 spiro atoms. The molecule has 0 aliphatic carbocycles. The van der Waals surface area contributed by atoms with Crippen molar-refractivity contribution in [2.75, 3.05) is 24.5 Å². The fourth-order valence-corrected chi connectivity index (χ4v) is 4.99. The number of amides is 1. The van der Waals surface area contributed by atoms with Crippen molar-refractivity contribution in [3.05, 3.63) is 77.8 Å². The maximum Gasteiger partial charge on any atom is 0.259 e. The van der Waals surface area contributed by atoms with Crippen LogP contribution < -0.4 is 4.90 Å². The smallest absolute Gasteiger partial charge is 0.259 e. The van der Waals surface area contributed by atoms with E-state index in [1.807, 2.05) is 0 Å². The zero-order valence-electron chi connectivity index (χ0n) is 18.5. The SMILES string of the molecule is Cc1ccc(-n2cccn2)c(C(=O)N2CC[C@H]3CN(c4cnc5cc(F)ccc5n4)[C@H]3C2)c1F. The van der Waals surface area contributed by atoms with E-state index in [0.29, 0.717) is 47.1 Å². The number of rotatable bonds is 3. The molecule has 0 N–H and O–H groups in total. The number of hydrogen-bond acceptors (Lipinski definition) is 5. The molecule has 6 rings (SSSR count). The number of aromatic nitrogens is 4. The first-order chi connectivity index (χ1) is 16.5. The molecule has 2 fully saturated rings. The van der Waals surface area contributed by atoms with Gasteiger partial charge in [-0.3, -0.25) is 9.78 Å². The quantitative estimate of drug-likeness (QED) is 0.466. The second kappa shape index (κ2) is 7.86. The molecule has 0 radical (unpaired) electrons. The van der Waals surface area contributed by atoms with Gasteiger partial charge >= 0.3 is 0 Å². The number of fused-ring (bicyclic) bond motifs is 2. The molecule has 2 aliphatic heterocycles. The van der Waals surface area contributed by atoms with E-state index >= 15 is 4.39 Å². The molecular formula is C25H22F2N6O. The van der Waals surface area contributed by atoms with Crippen LogP contribution in [-0.4, -0.2) is 56.2 Å². The molecule has 9 heteroatoms. The monoisotopic (exact) mass is 460 g/mol. The summed E-state index contributed by atoms with van der Waals surface area (Å²) in [5, 5.41) is 4.20. The summed E-state index contributed by atoms with van der Waals surface area (Å²) in [5.74, 6) is -0.0653. The van der Waals surface area contributed by atoms with Gasteiger partial charge in [-0.25, -0.2) is 18.4 Å². The van der Waals surface area contributed by atoms with Gasteiger partial charge in [0.15, 0.2) is 0 Å². The Labute approximate surface area is 194 Å². The Morgan fingerprint density at radius 2 is 2.00 bits per heavy atom. The lowest BCUT2D eigenvalue weighted by molar-refractivity contribution is 0.0586. The van der Waals surface area contributed by atoms with Crippen LogP contribution in [0.5, 0.6) is 0 Å². The van der Waals surface area contributed by atoms with Crippen molar-refractivity contribution in [3.63, 3.8) is 0 Å². The van der Waals surface area contributed by atoms with Gasteiger partial charge in [-0.2, -0.15) is 5.10 Å². The molecule has 4 aromatic rings.